The molecule has 0 aliphatic rings. The first kappa shape index (κ1) is 26.3. The van der Waals surface area contributed by atoms with E-state index in [0.717, 1.165) is 5.56 Å². The lowest BCUT2D eigenvalue weighted by Crippen LogP contribution is -2.44. The van der Waals surface area contributed by atoms with Crippen molar-refractivity contribution < 1.29 is 32.3 Å². The molecule has 33 heavy (non-hydrogen) atoms. The number of benzene rings is 1. The molecule has 0 unspecified atom stereocenters. The van der Waals surface area contributed by atoms with Gasteiger partial charge in [0.2, 0.25) is 5.89 Å². The Hall–Kier alpha value is -2.95. The molecule has 0 spiro atoms. The van der Waals surface area contributed by atoms with Gasteiger partial charge in [-0.2, -0.15) is 13.8 Å². The highest BCUT2D eigenvalue weighted by molar-refractivity contribution is 5.68. The second-order valence-electron chi connectivity index (χ2n) is 9.03. The van der Waals surface area contributed by atoms with E-state index in [1.54, 1.807) is 53.7 Å². The lowest BCUT2D eigenvalue weighted by atomic mass is 10.1. The number of hydrogen-bond donors (Lipinski definition) is 1. The predicted molar refractivity (Wildman–Crippen MR) is 116 cm³/mol. The molecule has 0 saturated heterocycles. The predicted octanol–water partition coefficient (Wildman–Crippen LogP) is 4.46. The minimum Gasteiger partial charge on any atom is -0.490 e. The Kier molecular flexibility index (Phi) is 8.59. The second-order valence-corrected chi connectivity index (χ2v) is 9.03. The smallest absolute Gasteiger partial charge is 0.408 e. The maximum absolute atomic E-state index is 12.6. The molecule has 1 amide bonds. The molecular weight excluding hydrogens is 438 g/mol. The number of hydrogen-bond acceptors (Lipinski definition) is 8. The van der Waals surface area contributed by atoms with Crippen LogP contribution in [-0.4, -0.2) is 47.0 Å². The summed E-state index contributed by atoms with van der Waals surface area (Å²) in [5.74, 6) is 0.899. The lowest BCUT2D eigenvalue weighted by Gasteiger charge is -2.26. The van der Waals surface area contributed by atoms with Crippen LogP contribution in [-0.2, 0) is 23.4 Å². The van der Waals surface area contributed by atoms with Crippen molar-refractivity contribution in [1.29, 1.82) is 0 Å². The summed E-state index contributed by atoms with van der Waals surface area (Å²) in [6.07, 6.45) is -0.583. The molecular formula is C22H32F2N4O5. The number of alkyl halides is 2. The van der Waals surface area contributed by atoms with Crippen LogP contribution in [0.2, 0.25) is 0 Å². The normalized spacial score (nSPS) is 12.2. The number of nitrogens with one attached hydrogen (secondary N) is 1. The highest BCUT2D eigenvalue weighted by atomic mass is 19.3. The third-order valence-electron chi connectivity index (χ3n) is 4.22. The fraction of sp³-hybridized carbons (Fsp3) is 0.591. The average Bonchev–Trinajstić information content (AvgIpc) is 3.11. The van der Waals surface area contributed by atoms with Crippen LogP contribution < -0.4 is 14.8 Å². The summed E-state index contributed by atoms with van der Waals surface area (Å²) < 4.78 is 45.7. The number of rotatable bonds is 10. The number of aromatic nitrogens is 2. The summed E-state index contributed by atoms with van der Waals surface area (Å²) in [6.45, 7) is 8.75. The highest BCUT2D eigenvalue weighted by Crippen LogP contribution is 2.30. The first-order chi connectivity index (χ1) is 15.3. The Morgan fingerprint density at radius 2 is 1.88 bits per heavy atom. The Morgan fingerprint density at radius 3 is 2.48 bits per heavy atom. The molecule has 1 heterocycles. The molecule has 9 nitrogen and oxygen atoms in total. The van der Waals surface area contributed by atoms with Crippen molar-refractivity contribution in [3.8, 4) is 11.5 Å². The molecule has 1 aromatic carbocycles. The number of alkyl carbamates (subject to hydrolysis) is 1. The van der Waals surface area contributed by atoms with E-state index in [1.165, 1.54) is 6.07 Å². The Balaban J connectivity index is 2.02. The maximum Gasteiger partial charge on any atom is 0.408 e. The van der Waals surface area contributed by atoms with E-state index in [0.29, 0.717) is 31.4 Å². The first-order valence-electron chi connectivity index (χ1n) is 10.5. The average molecular weight is 471 g/mol. The van der Waals surface area contributed by atoms with Gasteiger partial charge in [-0.1, -0.05) is 11.2 Å². The van der Waals surface area contributed by atoms with Gasteiger partial charge in [-0.05, 0) is 66.3 Å². The SMILES string of the molecule is CCOc1cc(CN(C)Cc2nc(C(C)(C)NC(=O)OC(C)(C)C)no2)ccc1OC(F)F. The Morgan fingerprint density at radius 1 is 1.18 bits per heavy atom. The van der Waals surface area contributed by atoms with Crippen LogP contribution in [0.1, 0.15) is 58.8 Å². The molecule has 0 fully saturated rings. The van der Waals surface area contributed by atoms with E-state index in [1.807, 2.05) is 11.9 Å². The molecule has 2 aromatic rings. The quantitative estimate of drug-likeness (QED) is 0.543. The lowest BCUT2D eigenvalue weighted by molar-refractivity contribution is -0.0514. The molecule has 0 atom stereocenters. The van der Waals surface area contributed by atoms with E-state index in [9.17, 15) is 13.6 Å². The van der Waals surface area contributed by atoms with E-state index in [-0.39, 0.29) is 11.5 Å². The molecule has 1 aromatic heterocycles. The van der Waals surface area contributed by atoms with Crippen LogP contribution >= 0.6 is 0 Å². The van der Waals surface area contributed by atoms with Crippen LogP contribution in [0.5, 0.6) is 11.5 Å². The molecule has 2 rings (SSSR count). The Labute approximate surface area is 192 Å². The molecule has 1 N–H and O–H groups in total. The highest BCUT2D eigenvalue weighted by Gasteiger charge is 2.31. The standard InChI is InChI=1S/C22H32F2N4O5/c1-8-30-16-11-14(9-10-15(16)31-19(23)24)12-28(7)13-17-25-18(27-33-17)22(5,6)26-20(29)32-21(2,3)4/h9-11,19H,8,12-13H2,1-7H3,(H,26,29). The molecule has 184 valence electrons. The molecule has 11 heteroatoms. The van der Waals surface area contributed by atoms with Gasteiger partial charge < -0.3 is 24.1 Å². The fourth-order valence-electron chi connectivity index (χ4n) is 2.90. The number of halogens is 2. The van der Waals surface area contributed by atoms with Crippen LogP contribution in [0.15, 0.2) is 22.7 Å². The zero-order valence-electron chi connectivity index (χ0n) is 20.1. The van der Waals surface area contributed by atoms with Crippen LogP contribution in [0.4, 0.5) is 13.6 Å². The second kappa shape index (κ2) is 10.8. The topological polar surface area (TPSA) is 99.0 Å². The van der Waals surface area contributed by atoms with Gasteiger partial charge in [0.1, 0.15) is 11.1 Å². The zero-order chi connectivity index (χ0) is 24.8. The maximum atomic E-state index is 12.6. The summed E-state index contributed by atoms with van der Waals surface area (Å²) in [4.78, 5) is 18.4. The van der Waals surface area contributed by atoms with Gasteiger partial charge >= 0.3 is 12.7 Å². The van der Waals surface area contributed by atoms with E-state index in [4.69, 9.17) is 14.0 Å². The van der Waals surface area contributed by atoms with Crippen LogP contribution in [0, 0.1) is 0 Å². The van der Waals surface area contributed by atoms with Gasteiger partial charge in [-0.15, -0.1) is 0 Å². The van der Waals surface area contributed by atoms with Crippen LogP contribution in [0.3, 0.4) is 0 Å². The van der Waals surface area contributed by atoms with E-state index in [2.05, 4.69) is 20.2 Å². The van der Waals surface area contributed by atoms with Gasteiger partial charge in [0, 0.05) is 6.54 Å². The molecule has 0 aliphatic carbocycles. The number of nitrogens with zero attached hydrogens (tertiary/aromatic N) is 3. The van der Waals surface area contributed by atoms with Crippen molar-refractivity contribution in [3.05, 3.63) is 35.5 Å². The minimum absolute atomic E-state index is 0.0143. The molecule has 0 radical (unpaired) electrons. The monoisotopic (exact) mass is 470 g/mol. The largest absolute Gasteiger partial charge is 0.490 e. The Bertz CT molecular complexity index is 928. The van der Waals surface area contributed by atoms with Gasteiger partial charge in [-0.3, -0.25) is 4.90 Å². The zero-order valence-corrected chi connectivity index (χ0v) is 20.1. The minimum atomic E-state index is -2.93. The summed E-state index contributed by atoms with van der Waals surface area (Å²) in [5.41, 5.74) is -0.707. The molecule has 0 aliphatic heterocycles. The van der Waals surface area contributed by atoms with Gasteiger partial charge in [0.05, 0.1) is 13.2 Å². The molecule has 0 saturated carbocycles. The van der Waals surface area contributed by atoms with Gasteiger partial charge in [0.25, 0.3) is 0 Å². The number of amides is 1. The first-order valence-corrected chi connectivity index (χ1v) is 10.5. The van der Waals surface area contributed by atoms with E-state index < -0.39 is 23.8 Å². The van der Waals surface area contributed by atoms with Gasteiger partial charge in [-0.25, -0.2) is 4.79 Å². The van der Waals surface area contributed by atoms with Gasteiger partial charge in [0.15, 0.2) is 17.3 Å². The summed E-state index contributed by atoms with van der Waals surface area (Å²) in [5, 5.41) is 6.72. The fourth-order valence-corrected chi connectivity index (χ4v) is 2.90. The van der Waals surface area contributed by atoms with Crippen LogP contribution in [0.25, 0.3) is 0 Å². The number of ether oxygens (including phenoxy) is 3. The van der Waals surface area contributed by atoms with Crippen molar-refractivity contribution in [2.24, 2.45) is 0 Å². The molecule has 0 bridgehead atoms. The number of carbonyl (C=O) groups is 1. The van der Waals surface area contributed by atoms with Crippen molar-refractivity contribution in [2.45, 2.75) is 72.4 Å². The summed E-state index contributed by atoms with van der Waals surface area (Å²) in [6, 6.07) is 4.80. The van der Waals surface area contributed by atoms with Crippen molar-refractivity contribution in [1.82, 2.24) is 20.4 Å². The number of carbonyl (C=O) groups excluding carboxylic acids is 1. The third kappa shape index (κ3) is 8.49. The van der Waals surface area contributed by atoms with Crippen molar-refractivity contribution in [2.75, 3.05) is 13.7 Å². The van der Waals surface area contributed by atoms with E-state index >= 15 is 0 Å². The van der Waals surface area contributed by atoms with Crippen molar-refractivity contribution >= 4 is 6.09 Å². The summed E-state index contributed by atoms with van der Waals surface area (Å²) >= 11 is 0. The van der Waals surface area contributed by atoms with Crippen molar-refractivity contribution in [3.63, 3.8) is 0 Å². The third-order valence-corrected chi connectivity index (χ3v) is 4.22. The summed E-state index contributed by atoms with van der Waals surface area (Å²) in [7, 11) is 1.85.